The Hall–Kier alpha value is -0.120. The van der Waals surface area contributed by atoms with Gasteiger partial charge in [0.2, 0.25) is 0 Å². The second kappa shape index (κ2) is 6.55. The van der Waals surface area contributed by atoms with Gasteiger partial charge in [-0.15, -0.1) is 0 Å². The Kier molecular flexibility index (Phi) is 5.27. The van der Waals surface area contributed by atoms with Crippen molar-refractivity contribution in [1.82, 2.24) is 0 Å². The molecule has 0 aliphatic carbocycles. The van der Waals surface area contributed by atoms with Crippen LogP contribution in [0.15, 0.2) is 34.8 Å². The predicted molar refractivity (Wildman–Crippen MR) is 88.0 cm³/mol. The van der Waals surface area contributed by atoms with Gasteiger partial charge in [0, 0.05) is 11.0 Å². The first-order valence-corrected chi connectivity index (χ1v) is 7.61. The molecule has 0 radical (unpaired) electrons. The van der Waals surface area contributed by atoms with Crippen LogP contribution in [0.3, 0.4) is 0 Å². The molecule has 2 aromatic carbocycles. The van der Waals surface area contributed by atoms with Gasteiger partial charge >= 0.3 is 0 Å². The van der Waals surface area contributed by atoms with Gasteiger partial charge in [-0.05, 0) is 45.8 Å². The molecular formula is C13H8BrCl4N. The number of hydrogen-bond donors (Lipinski definition) is 1. The van der Waals surface area contributed by atoms with Crippen molar-refractivity contribution in [2.75, 3.05) is 5.32 Å². The van der Waals surface area contributed by atoms with Crippen molar-refractivity contribution < 1.29 is 0 Å². The summed E-state index contributed by atoms with van der Waals surface area (Å²) in [7, 11) is 0. The molecule has 0 bridgehead atoms. The van der Waals surface area contributed by atoms with E-state index in [4.69, 9.17) is 46.4 Å². The quantitative estimate of drug-likeness (QED) is 0.568. The molecule has 100 valence electrons. The van der Waals surface area contributed by atoms with Gasteiger partial charge in [0.05, 0.1) is 25.8 Å². The summed E-state index contributed by atoms with van der Waals surface area (Å²) in [5.41, 5.74) is 1.77. The number of hydrogen-bond acceptors (Lipinski definition) is 1. The molecule has 0 saturated carbocycles. The van der Waals surface area contributed by atoms with Crippen molar-refractivity contribution in [3.63, 3.8) is 0 Å². The lowest BCUT2D eigenvalue weighted by molar-refractivity contribution is 1.15. The molecule has 0 heterocycles. The van der Waals surface area contributed by atoms with Crippen LogP contribution in [-0.4, -0.2) is 0 Å². The summed E-state index contributed by atoms with van der Waals surface area (Å²) < 4.78 is 0.763. The molecule has 0 aromatic heterocycles. The molecular weight excluding hydrogens is 392 g/mol. The van der Waals surface area contributed by atoms with E-state index in [2.05, 4.69) is 21.2 Å². The van der Waals surface area contributed by atoms with Crippen molar-refractivity contribution >= 4 is 68.0 Å². The van der Waals surface area contributed by atoms with E-state index in [1.54, 1.807) is 6.07 Å². The standard InChI is InChI=1S/C13H8BrCl4N/c14-8-2-4-11(13(18)12(8)17)19-6-7-1-3-9(15)10(16)5-7/h1-5,19H,6H2. The van der Waals surface area contributed by atoms with Gasteiger partial charge in [0.1, 0.15) is 0 Å². The van der Waals surface area contributed by atoms with Crippen LogP contribution in [0.25, 0.3) is 0 Å². The molecule has 1 N–H and O–H groups in total. The topological polar surface area (TPSA) is 12.0 Å². The maximum Gasteiger partial charge on any atom is 0.0835 e. The highest BCUT2D eigenvalue weighted by Gasteiger charge is 2.08. The molecule has 0 amide bonds. The maximum absolute atomic E-state index is 6.15. The van der Waals surface area contributed by atoms with Gasteiger partial charge in [0.25, 0.3) is 0 Å². The molecule has 19 heavy (non-hydrogen) atoms. The van der Waals surface area contributed by atoms with Crippen LogP contribution >= 0.6 is 62.3 Å². The first-order chi connectivity index (χ1) is 8.99. The van der Waals surface area contributed by atoms with Gasteiger partial charge < -0.3 is 5.32 Å². The van der Waals surface area contributed by atoms with Crippen molar-refractivity contribution in [2.45, 2.75) is 6.54 Å². The first kappa shape index (κ1) is 15.3. The third kappa shape index (κ3) is 3.71. The number of benzene rings is 2. The number of halogens is 5. The molecule has 1 nitrogen and oxygen atoms in total. The summed E-state index contributed by atoms with van der Waals surface area (Å²) in [4.78, 5) is 0. The van der Waals surface area contributed by atoms with Crippen LogP contribution in [-0.2, 0) is 6.54 Å². The lowest BCUT2D eigenvalue weighted by Gasteiger charge is -2.11. The van der Waals surface area contributed by atoms with Crippen LogP contribution in [0.5, 0.6) is 0 Å². The fourth-order valence-corrected chi connectivity index (χ4v) is 2.67. The third-order valence-electron chi connectivity index (χ3n) is 2.50. The van der Waals surface area contributed by atoms with Crippen LogP contribution in [0.2, 0.25) is 20.1 Å². The Balaban J connectivity index is 2.14. The predicted octanol–water partition coefficient (Wildman–Crippen LogP) is 6.67. The number of nitrogens with one attached hydrogen (secondary N) is 1. The van der Waals surface area contributed by atoms with Crippen molar-refractivity contribution in [3.8, 4) is 0 Å². The zero-order chi connectivity index (χ0) is 14.0. The Morgan fingerprint density at radius 3 is 2.32 bits per heavy atom. The van der Waals surface area contributed by atoms with Gasteiger partial charge in [-0.2, -0.15) is 0 Å². The zero-order valence-electron chi connectivity index (χ0n) is 9.48. The summed E-state index contributed by atoms with van der Waals surface area (Å²) >= 11 is 27.3. The van der Waals surface area contributed by atoms with Crippen LogP contribution in [0.4, 0.5) is 5.69 Å². The molecule has 0 fully saturated rings. The van der Waals surface area contributed by atoms with E-state index in [1.165, 1.54) is 0 Å². The molecule has 0 aliphatic rings. The first-order valence-electron chi connectivity index (χ1n) is 5.30. The van der Waals surface area contributed by atoms with E-state index < -0.39 is 0 Å². The average Bonchev–Trinajstić information content (AvgIpc) is 2.39. The third-order valence-corrected chi connectivity index (χ3v) is 5.01. The molecule has 0 saturated heterocycles. The fourth-order valence-electron chi connectivity index (χ4n) is 1.51. The molecule has 6 heteroatoms. The summed E-state index contributed by atoms with van der Waals surface area (Å²) in [5, 5.41) is 5.24. The van der Waals surface area contributed by atoms with Crippen molar-refractivity contribution in [3.05, 3.63) is 60.5 Å². The Morgan fingerprint density at radius 2 is 1.63 bits per heavy atom. The second-order valence-electron chi connectivity index (χ2n) is 3.82. The fraction of sp³-hybridized carbons (Fsp3) is 0.0769. The Morgan fingerprint density at radius 1 is 0.895 bits per heavy atom. The monoisotopic (exact) mass is 397 g/mol. The van der Waals surface area contributed by atoms with Gasteiger partial charge in [-0.1, -0.05) is 52.5 Å². The van der Waals surface area contributed by atoms with Crippen LogP contribution in [0.1, 0.15) is 5.56 Å². The zero-order valence-corrected chi connectivity index (χ0v) is 14.1. The maximum atomic E-state index is 6.15. The summed E-state index contributed by atoms with van der Waals surface area (Å²) in [6, 6.07) is 9.17. The normalized spacial score (nSPS) is 10.6. The van der Waals surface area contributed by atoms with Crippen molar-refractivity contribution in [1.29, 1.82) is 0 Å². The van der Waals surface area contributed by atoms with Gasteiger partial charge in [-0.25, -0.2) is 0 Å². The van der Waals surface area contributed by atoms with Crippen molar-refractivity contribution in [2.24, 2.45) is 0 Å². The summed E-state index contributed by atoms with van der Waals surface area (Å²) in [5.74, 6) is 0. The van der Waals surface area contributed by atoms with Gasteiger partial charge in [0.15, 0.2) is 0 Å². The number of anilines is 1. The summed E-state index contributed by atoms with van der Waals surface area (Å²) in [6.45, 7) is 0.578. The number of rotatable bonds is 3. The minimum atomic E-state index is 0.483. The Bertz CT molecular complexity index is 616. The molecule has 0 aliphatic heterocycles. The van der Waals surface area contributed by atoms with Crippen LogP contribution < -0.4 is 5.32 Å². The Labute approximate surface area is 139 Å². The second-order valence-corrected chi connectivity index (χ2v) is 6.25. The van der Waals surface area contributed by atoms with E-state index in [9.17, 15) is 0 Å². The van der Waals surface area contributed by atoms with E-state index in [0.717, 1.165) is 15.7 Å². The van der Waals surface area contributed by atoms with E-state index in [0.29, 0.717) is 26.6 Å². The highest BCUT2D eigenvalue weighted by molar-refractivity contribution is 9.10. The average molecular weight is 400 g/mol. The van der Waals surface area contributed by atoms with Crippen LogP contribution in [0, 0.1) is 0 Å². The van der Waals surface area contributed by atoms with E-state index in [1.807, 2.05) is 24.3 Å². The molecule has 2 rings (SSSR count). The molecule has 0 unspecified atom stereocenters. The molecule has 0 atom stereocenters. The van der Waals surface area contributed by atoms with E-state index in [-0.39, 0.29) is 0 Å². The van der Waals surface area contributed by atoms with Gasteiger partial charge in [-0.3, -0.25) is 0 Å². The summed E-state index contributed by atoms with van der Waals surface area (Å²) in [6.07, 6.45) is 0. The van der Waals surface area contributed by atoms with E-state index >= 15 is 0 Å². The molecule has 0 spiro atoms. The minimum Gasteiger partial charge on any atom is -0.380 e. The smallest absolute Gasteiger partial charge is 0.0835 e. The highest BCUT2D eigenvalue weighted by atomic mass is 79.9. The highest BCUT2D eigenvalue weighted by Crippen LogP contribution is 2.36. The SMILES string of the molecule is Clc1ccc(CNc2ccc(Br)c(Cl)c2Cl)cc1Cl. The minimum absolute atomic E-state index is 0.483. The lowest BCUT2D eigenvalue weighted by atomic mass is 10.2. The lowest BCUT2D eigenvalue weighted by Crippen LogP contribution is -2.00. The molecule has 2 aromatic rings. The largest absolute Gasteiger partial charge is 0.380 e.